The lowest BCUT2D eigenvalue weighted by molar-refractivity contribution is 0.108. The first kappa shape index (κ1) is 23.0. The van der Waals surface area contributed by atoms with Crippen molar-refractivity contribution in [1.82, 2.24) is 14.8 Å². The molecule has 0 unspecified atom stereocenters. The highest BCUT2D eigenvalue weighted by molar-refractivity contribution is 5.80. The van der Waals surface area contributed by atoms with Gasteiger partial charge in [0.25, 0.3) is 0 Å². The van der Waals surface area contributed by atoms with Crippen LogP contribution in [0.2, 0.25) is 0 Å². The van der Waals surface area contributed by atoms with Crippen LogP contribution in [0, 0.1) is 0 Å². The molecule has 1 fully saturated rings. The van der Waals surface area contributed by atoms with E-state index in [9.17, 15) is 5.11 Å². The fraction of sp³-hybridized carbons (Fsp3) is 0.333. The standard InChI is InChI=1S/C27H32N4O2/c32-26-15-14-24(29-25(26)21-28-33)13-7-8-16-30-17-19-31(20-18-30)27(22-9-3-1-4-10-22)23-11-5-2-6-12-23/h1-6,9-12,14-15,21,27,32-33H,7-8,13,16-20H2. The van der Waals surface area contributed by atoms with Crippen molar-refractivity contribution < 1.29 is 10.3 Å². The number of rotatable bonds is 9. The van der Waals surface area contributed by atoms with Gasteiger partial charge in [-0.05, 0) is 49.1 Å². The fourth-order valence-electron chi connectivity index (χ4n) is 4.57. The Labute approximate surface area is 195 Å². The number of pyridine rings is 1. The minimum Gasteiger partial charge on any atom is -0.506 e. The van der Waals surface area contributed by atoms with E-state index >= 15 is 0 Å². The highest BCUT2D eigenvalue weighted by Gasteiger charge is 2.26. The van der Waals surface area contributed by atoms with Gasteiger partial charge in [-0.15, -0.1) is 0 Å². The zero-order valence-corrected chi connectivity index (χ0v) is 18.9. The molecule has 1 aliphatic rings. The van der Waals surface area contributed by atoms with Gasteiger partial charge in [-0.2, -0.15) is 0 Å². The van der Waals surface area contributed by atoms with Crippen LogP contribution in [-0.4, -0.2) is 64.0 Å². The zero-order valence-electron chi connectivity index (χ0n) is 18.9. The van der Waals surface area contributed by atoms with Crippen molar-refractivity contribution in [3.8, 4) is 5.75 Å². The van der Waals surface area contributed by atoms with Gasteiger partial charge in [0.05, 0.1) is 12.3 Å². The maximum absolute atomic E-state index is 9.74. The van der Waals surface area contributed by atoms with Crippen molar-refractivity contribution >= 4 is 6.21 Å². The van der Waals surface area contributed by atoms with Crippen LogP contribution in [0.4, 0.5) is 0 Å². The lowest BCUT2D eigenvalue weighted by Gasteiger charge is -2.39. The van der Waals surface area contributed by atoms with E-state index in [1.54, 1.807) is 6.07 Å². The van der Waals surface area contributed by atoms with Gasteiger partial charge < -0.3 is 15.2 Å². The molecule has 4 rings (SSSR count). The number of aromatic hydroxyl groups is 1. The molecule has 0 aliphatic carbocycles. The molecule has 1 saturated heterocycles. The Kier molecular flexibility index (Phi) is 8.06. The molecule has 172 valence electrons. The molecular weight excluding hydrogens is 412 g/mol. The number of piperazine rings is 1. The van der Waals surface area contributed by atoms with Gasteiger partial charge in [-0.25, -0.2) is 4.98 Å². The Morgan fingerprint density at radius 1 is 0.848 bits per heavy atom. The third kappa shape index (κ3) is 6.18. The molecule has 6 nitrogen and oxygen atoms in total. The van der Waals surface area contributed by atoms with Crippen LogP contribution >= 0.6 is 0 Å². The molecule has 2 aromatic carbocycles. The summed E-state index contributed by atoms with van der Waals surface area (Å²) in [5.41, 5.74) is 3.91. The SMILES string of the molecule is ON=Cc1nc(CCCCN2CCN(C(c3ccccc3)c3ccccc3)CC2)ccc1O. The van der Waals surface area contributed by atoms with Crippen LogP contribution in [0.25, 0.3) is 0 Å². The van der Waals surface area contributed by atoms with Crippen LogP contribution < -0.4 is 0 Å². The highest BCUT2D eigenvalue weighted by atomic mass is 16.4. The maximum Gasteiger partial charge on any atom is 0.142 e. The summed E-state index contributed by atoms with van der Waals surface area (Å²) in [5.74, 6) is 0.0266. The van der Waals surface area contributed by atoms with E-state index in [-0.39, 0.29) is 5.75 Å². The third-order valence-corrected chi connectivity index (χ3v) is 6.30. The summed E-state index contributed by atoms with van der Waals surface area (Å²) < 4.78 is 0. The van der Waals surface area contributed by atoms with E-state index in [0.717, 1.165) is 63.9 Å². The normalized spacial score (nSPS) is 15.4. The molecule has 0 amide bonds. The summed E-state index contributed by atoms with van der Waals surface area (Å²) in [6, 6.07) is 25.4. The van der Waals surface area contributed by atoms with Crippen molar-refractivity contribution in [2.45, 2.75) is 25.3 Å². The molecule has 0 atom stereocenters. The first-order chi connectivity index (χ1) is 16.2. The second-order valence-electron chi connectivity index (χ2n) is 8.51. The monoisotopic (exact) mass is 444 g/mol. The summed E-state index contributed by atoms with van der Waals surface area (Å²) >= 11 is 0. The third-order valence-electron chi connectivity index (χ3n) is 6.30. The first-order valence-electron chi connectivity index (χ1n) is 11.7. The predicted octanol–water partition coefficient (Wildman–Crippen LogP) is 4.33. The Hall–Kier alpha value is -3.22. The lowest BCUT2D eigenvalue weighted by atomic mass is 9.96. The number of aryl methyl sites for hydroxylation is 1. The van der Waals surface area contributed by atoms with Crippen LogP contribution in [-0.2, 0) is 6.42 Å². The molecule has 33 heavy (non-hydrogen) atoms. The van der Waals surface area contributed by atoms with E-state index in [2.05, 4.69) is 80.6 Å². The van der Waals surface area contributed by atoms with E-state index in [4.69, 9.17) is 5.21 Å². The van der Waals surface area contributed by atoms with Gasteiger partial charge in [-0.1, -0.05) is 65.8 Å². The van der Waals surface area contributed by atoms with Crippen LogP contribution in [0.15, 0.2) is 78.0 Å². The minimum atomic E-state index is 0.0266. The van der Waals surface area contributed by atoms with Gasteiger partial charge in [0, 0.05) is 31.9 Å². The van der Waals surface area contributed by atoms with Crippen molar-refractivity contribution in [2.75, 3.05) is 32.7 Å². The number of aromatic nitrogens is 1. The summed E-state index contributed by atoms with van der Waals surface area (Å²) in [6.07, 6.45) is 4.14. The average Bonchev–Trinajstić information content (AvgIpc) is 2.86. The smallest absolute Gasteiger partial charge is 0.142 e. The van der Waals surface area contributed by atoms with Crippen LogP contribution in [0.1, 0.15) is 41.4 Å². The molecule has 2 heterocycles. The predicted molar refractivity (Wildman–Crippen MR) is 131 cm³/mol. The lowest BCUT2D eigenvalue weighted by Crippen LogP contribution is -2.48. The van der Waals surface area contributed by atoms with E-state index < -0.39 is 0 Å². The van der Waals surface area contributed by atoms with Crippen molar-refractivity contribution in [3.05, 3.63) is 95.3 Å². The van der Waals surface area contributed by atoms with Crippen molar-refractivity contribution in [2.24, 2.45) is 5.16 Å². The quantitative estimate of drug-likeness (QED) is 0.223. The van der Waals surface area contributed by atoms with Crippen LogP contribution in [0.3, 0.4) is 0 Å². The topological polar surface area (TPSA) is 72.2 Å². The Bertz CT molecular complexity index is 979. The molecule has 3 aromatic rings. The number of hydrogen-bond acceptors (Lipinski definition) is 6. The Morgan fingerprint density at radius 3 is 2.09 bits per heavy atom. The van der Waals surface area contributed by atoms with Crippen LogP contribution in [0.5, 0.6) is 5.75 Å². The average molecular weight is 445 g/mol. The molecule has 6 heteroatoms. The number of hydrogen-bond donors (Lipinski definition) is 2. The largest absolute Gasteiger partial charge is 0.506 e. The molecule has 0 radical (unpaired) electrons. The Balaban J connectivity index is 1.27. The molecule has 0 bridgehead atoms. The second kappa shape index (κ2) is 11.6. The van der Waals surface area contributed by atoms with Gasteiger partial charge in [0.15, 0.2) is 0 Å². The van der Waals surface area contributed by atoms with Gasteiger partial charge in [0.1, 0.15) is 11.4 Å². The molecule has 0 saturated carbocycles. The first-order valence-corrected chi connectivity index (χ1v) is 11.7. The molecule has 2 N–H and O–H groups in total. The maximum atomic E-state index is 9.74. The Morgan fingerprint density at radius 2 is 1.48 bits per heavy atom. The van der Waals surface area contributed by atoms with E-state index in [1.807, 2.05) is 6.07 Å². The van der Waals surface area contributed by atoms with Gasteiger partial charge in [-0.3, -0.25) is 4.90 Å². The summed E-state index contributed by atoms with van der Waals surface area (Å²) in [7, 11) is 0. The molecule has 1 aromatic heterocycles. The van der Waals surface area contributed by atoms with E-state index in [0.29, 0.717) is 11.7 Å². The second-order valence-corrected chi connectivity index (χ2v) is 8.51. The van der Waals surface area contributed by atoms with Gasteiger partial charge >= 0.3 is 0 Å². The molecule has 1 aliphatic heterocycles. The van der Waals surface area contributed by atoms with Crippen molar-refractivity contribution in [1.29, 1.82) is 0 Å². The number of oxime groups is 1. The van der Waals surface area contributed by atoms with Crippen molar-refractivity contribution in [3.63, 3.8) is 0 Å². The summed E-state index contributed by atoms with van der Waals surface area (Å²) in [6.45, 7) is 5.34. The minimum absolute atomic E-state index is 0.0266. The number of nitrogens with zero attached hydrogens (tertiary/aromatic N) is 4. The van der Waals surface area contributed by atoms with Gasteiger partial charge in [0.2, 0.25) is 0 Å². The number of unbranched alkanes of at least 4 members (excludes halogenated alkanes) is 1. The summed E-state index contributed by atoms with van der Waals surface area (Å²) in [5, 5.41) is 21.4. The summed E-state index contributed by atoms with van der Waals surface area (Å²) in [4.78, 5) is 9.51. The molecular formula is C27H32N4O2. The van der Waals surface area contributed by atoms with E-state index in [1.165, 1.54) is 11.1 Å². The number of benzene rings is 2. The zero-order chi connectivity index (χ0) is 22.9. The highest BCUT2D eigenvalue weighted by Crippen LogP contribution is 2.29. The fourth-order valence-corrected chi connectivity index (χ4v) is 4.57. The molecule has 0 spiro atoms.